The van der Waals surface area contributed by atoms with Gasteiger partial charge in [0.05, 0.1) is 15.9 Å². The van der Waals surface area contributed by atoms with Crippen LogP contribution in [0.4, 0.5) is 0 Å². The quantitative estimate of drug-likeness (QED) is 0.674. The molecule has 0 aromatic carbocycles. The van der Waals surface area contributed by atoms with Gasteiger partial charge in [-0.1, -0.05) is 36.7 Å². The summed E-state index contributed by atoms with van der Waals surface area (Å²) in [5, 5.41) is 5.68. The van der Waals surface area contributed by atoms with Crippen LogP contribution in [-0.4, -0.2) is 15.1 Å². The summed E-state index contributed by atoms with van der Waals surface area (Å²) in [6, 6.07) is 0. The van der Waals surface area contributed by atoms with E-state index < -0.39 is 0 Å². The Morgan fingerprint density at radius 2 is 1.94 bits per heavy atom. The van der Waals surface area contributed by atoms with Crippen molar-refractivity contribution >= 4 is 31.9 Å². The third kappa shape index (κ3) is 3.34. The van der Waals surface area contributed by atoms with Crippen LogP contribution in [0.25, 0.3) is 0 Å². The molecule has 0 fully saturated rings. The number of aryl methyl sites for hydroxylation is 2. The molecule has 1 rings (SSSR count). The molecule has 0 aliphatic carbocycles. The Kier molecular flexibility index (Phi) is 5.71. The molecule has 1 aromatic heterocycles. The van der Waals surface area contributed by atoms with E-state index in [2.05, 4.69) is 69.3 Å². The SMILES string of the molecule is CCc1nn(CC)c(CC(C)(CC)CBr)c1Br. The summed E-state index contributed by atoms with van der Waals surface area (Å²) < 4.78 is 3.35. The van der Waals surface area contributed by atoms with Crippen molar-refractivity contribution in [1.82, 2.24) is 9.78 Å². The number of rotatable bonds is 6. The fraction of sp³-hybridized carbons (Fsp3) is 0.769. The second kappa shape index (κ2) is 6.37. The molecular weight excluding hydrogens is 344 g/mol. The van der Waals surface area contributed by atoms with Crippen LogP contribution in [-0.2, 0) is 19.4 Å². The van der Waals surface area contributed by atoms with Gasteiger partial charge in [0.1, 0.15) is 0 Å². The van der Waals surface area contributed by atoms with Crippen molar-refractivity contribution in [3.8, 4) is 0 Å². The van der Waals surface area contributed by atoms with Gasteiger partial charge in [0.25, 0.3) is 0 Å². The second-order valence-corrected chi connectivity index (χ2v) is 6.21. The van der Waals surface area contributed by atoms with Crippen LogP contribution in [0, 0.1) is 5.41 Å². The van der Waals surface area contributed by atoms with E-state index >= 15 is 0 Å². The molecule has 2 nitrogen and oxygen atoms in total. The Bertz CT molecular complexity index is 368. The van der Waals surface area contributed by atoms with Crippen molar-refractivity contribution in [3.63, 3.8) is 0 Å². The summed E-state index contributed by atoms with van der Waals surface area (Å²) in [6.45, 7) is 9.82. The molecular formula is C13H22Br2N2. The first-order valence-electron chi connectivity index (χ1n) is 6.31. The lowest BCUT2D eigenvalue weighted by molar-refractivity contribution is 0.348. The Morgan fingerprint density at radius 1 is 1.29 bits per heavy atom. The van der Waals surface area contributed by atoms with Crippen molar-refractivity contribution in [2.24, 2.45) is 5.41 Å². The molecule has 0 bridgehead atoms. The fourth-order valence-corrected chi connectivity index (χ4v) is 3.16. The van der Waals surface area contributed by atoms with Crippen LogP contribution in [0.2, 0.25) is 0 Å². The highest BCUT2D eigenvalue weighted by atomic mass is 79.9. The van der Waals surface area contributed by atoms with E-state index in [0.717, 1.165) is 24.7 Å². The third-order valence-electron chi connectivity index (χ3n) is 3.46. The lowest BCUT2D eigenvalue weighted by atomic mass is 9.85. The van der Waals surface area contributed by atoms with E-state index in [0.29, 0.717) is 5.41 Å². The number of aromatic nitrogens is 2. The Balaban J connectivity index is 3.08. The molecule has 1 unspecified atom stereocenters. The standard InChI is InChI=1S/C13H22Br2N2/c1-5-10-12(15)11(17(7-3)16-10)8-13(4,6-2)9-14/h5-9H2,1-4H3. The van der Waals surface area contributed by atoms with Gasteiger partial charge >= 0.3 is 0 Å². The first-order valence-corrected chi connectivity index (χ1v) is 8.22. The van der Waals surface area contributed by atoms with Crippen LogP contribution < -0.4 is 0 Å². The topological polar surface area (TPSA) is 17.8 Å². The number of halogens is 2. The van der Waals surface area contributed by atoms with Gasteiger partial charge in [-0.05, 0) is 47.5 Å². The second-order valence-electron chi connectivity index (χ2n) is 4.85. The first-order chi connectivity index (χ1) is 8.01. The minimum Gasteiger partial charge on any atom is -0.268 e. The zero-order valence-electron chi connectivity index (χ0n) is 11.2. The van der Waals surface area contributed by atoms with Crippen LogP contribution in [0.1, 0.15) is 45.5 Å². The van der Waals surface area contributed by atoms with Crippen molar-refractivity contribution in [3.05, 3.63) is 15.9 Å². The number of alkyl halides is 1. The molecule has 0 radical (unpaired) electrons. The molecule has 4 heteroatoms. The van der Waals surface area contributed by atoms with Crippen molar-refractivity contribution < 1.29 is 0 Å². The Labute approximate surface area is 121 Å². The third-order valence-corrected chi connectivity index (χ3v) is 5.73. The van der Waals surface area contributed by atoms with E-state index in [-0.39, 0.29) is 0 Å². The van der Waals surface area contributed by atoms with E-state index in [1.807, 2.05) is 0 Å². The average Bonchev–Trinajstić information content (AvgIpc) is 2.66. The van der Waals surface area contributed by atoms with E-state index in [1.165, 1.54) is 22.3 Å². The van der Waals surface area contributed by atoms with Gasteiger partial charge in [-0.25, -0.2) is 0 Å². The van der Waals surface area contributed by atoms with E-state index in [9.17, 15) is 0 Å². The normalized spacial score (nSPS) is 14.9. The van der Waals surface area contributed by atoms with E-state index in [1.54, 1.807) is 0 Å². The zero-order chi connectivity index (χ0) is 13.1. The highest BCUT2D eigenvalue weighted by molar-refractivity contribution is 9.10. The van der Waals surface area contributed by atoms with Gasteiger partial charge < -0.3 is 0 Å². The largest absolute Gasteiger partial charge is 0.268 e. The Morgan fingerprint density at radius 3 is 2.35 bits per heavy atom. The van der Waals surface area contributed by atoms with E-state index in [4.69, 9.17) is 0 Å². The predicted octanol–water partition coefficient (Wildman–Crippen LogP) is 4.58. The maximum absolute atomic E-state index is 4.65. The minimum atomic E-state index is 0.306. The number of hydrogen-bond donors (Lipinski definition) is 0. The van der Waals surface area contributed by atoms with Gasteiger partial charge in [0.2, 0.25) is 0 Å². The predicted molar refractivity (Wildman–Crippen MR) is 80.9 cm³/mol. The van der Waals surface area contributed by atoms with Gasteiger partial charge in [0, 0.05) is 11.9 Å². The fourth-order valence-electron chi connectivity index (χ4n) is 1.86. The van der Waals surface area contributed by atoms with Crippen molar-refractivity contribution in [2.45, 2.75) is 53.5 Å². The highest BCUT2D eigenvalue weighted by Gasteiger charge is 2.25. The van der Waals surface area contributed by atoms with Crippen LogP contribution in [0.15, 0.2) is 4.47 Å². The molecule has 1 atom stereocenters. The number of hydrogen-bond acceptors (Lipinski definition) is 1. The molecule has 0 saturated carbocycles. The molecule has 1 heterocycles. The molecule has 0 spiro atoms. The molecule has 98 valence electrons. The average molecular weight is 366 g/mol. The highest BCUT2D eigenvalue weighted by Crippen LogP contribution is 2.33. The van der Waals surface area contributed by atoms with Crippen molar-refractivity contribution in [2.75, 3.05) is 5.33 Å². The lowest BCUT2D eigenvalue weighted by Gasteiger charge is -2.26. The van der Waals surface area contributed by atoms with Gasteiger partial charge in [0.15, 0.2) is 0 Å². The maximum Gasteiger partial charge on any atom is 0.0766 e. The zero-order valence-corrected chi connectivity index (χ0v) is 14.4. The summed E-state index contributed by atoms with van der Waals surface area (Å²) >= 11 is 7.36. The van der Waals surface area contributed by atoms with Crippen LogP contribution >= 0.6 is 31.9 Å². The molecule has 0 aliphatic rings. The van der Waals surface area contributed by atoms with Crippen LogP contribution in [0.3, 0.4) is 0 Å². The van der Waals surface area contributed by atoms with Gasteiger partial charge in [-0.2, -0.15) is 5.10 Å². The molecule has 0 saturated heterocycles. The summed E-state index contributed by atoms with van der Waals surface area (Å²) in [6.07, 6.45) is 3.22. The maximum atomic E-state index is 4.65. The van der Waals surface area contributed by atoms with Gasteiger partial charge in [-0.3, -0.25) is 4.68 Å². The van der Waals surface area contributed by atoms with Crippen LogP contribution in [0.5, 0.6) is 0 Å². The summed E-state index contributed by atoms with van der Waals surface area (Å²) in [4.78, 5) is 0. The van der Waals surface area contributed by atoms with Crippen molar-refractivity contribution in [1.29, 1.82) is 0 Å². The minimum absolute atomic E-state index is 0.306. The monoisotopic (exact) mass is 364 g/mol. The molecule has 1 aromatic rings. The lowest BCUT2D eigenvalue weighted by Crippen LogP contribution is -2.22. The summed E-state index contributed by atoms with van der Waals surface area (Å²) in [7, 11) is 0. The molecule has 0 aliphatic heterocycles. The smallest absolute Gasteiger partial charge is 0.0766 e. The number of nitrogens with zero attached hydrogens (tertiary/aromatic N) is 2. The first kappa shape index (κ1) is 15.2. The molecule has 0 N–H and O–H groups in total. The summed E-state index contributed by atoms with van der Waals surface area (Å²) in [5.74, 6) is 0. The molecule has 17 heavy (non-hydrogen) atoms. The Hall–Kier alpha value is 0.170. The summed E-state index contributed by atoms with van der Waals surface area (Å²) in [5.41, 5.74) is 2.82. The van der Waals surface area contributed by atoms with Gasteiger partial charge in [-0.15, -0.1) is 0 Å². The molecule has 0 amide bonds.